The summed E-state index contributed by atoms with van der Waals surface area (Å²) in [6.07, 6.45) is 0.978. The van der Waals surface area contributed by atoms with Crippen molar-refractivity contribution in [3.05, 3.63) is 68.6 Å². The minimum absolute atomic E-state index is 0.334. The average molecular weight is 383 g/mol. The van der Waals surface area contributed by atoms with E-state index in [1.165, 1.54) is 15.6 Å². The van der Waals surface area contributed by atoms with Crippen LogP contribution in [0.15, 0.2) is 57.5 Å². The predicted molar refractivity (Wildman–Crippen MR) is 88.4 cm³/mol. The highest BCUT2D eigenvalue weighted by Crippen LogP contribution is 2.25. The molecule has 0 fully saturated rings. The molecule has 0 saturated carbocycles. The summed E-state index contributed by atoms with van der Waals surface area (Å²) in [5, 5.41) is 3.56. The first-order valence-electron chi connectivity index (χ1n) is 6.43. The van der Waals surface area contributed by atoms with Gasteiger partial charge >= 0.3 is 0 Å². The summed E-state index contributed by atoms with van der Waals surface area (Å²) < 4.78 is 2.30. The van der Waals surface area contributed by atoms with Crippen LogP contribution in [-0.2, 0) is 6.42 Å². The summed E-state index contributed by atoms with van der Waals surface area (Å²) in [5.41, 5.74) is 2.64. The molecule has 0 radical (unpaired) electrons. The van der Waals surface area contributed by atoms with E-state index >= 15 is 0 Å². The zero-order chi connectivity index (χ0) is 13.7. The van der Waals surface area contributed by atoms with Crippen molar-refractivity contribution in [2.45, 2.75) is 19.4 Å². The molecule has 0 amide bonds. The second kappa shape index (κ2) is 7.22. The van der Waals surface area contributed by atoms with Crippen LogP contribution in [0.4, 0.5) is 0 Å². The van der Waals surface area contributed by atoms with Gasteiger partial charge in [-0.15, -0.1) is 0 Å². The van der Waals surface area contributed by atoms with Crippen LogP contribution in [0.3, 0.4) is 0 Å². The van der Waals surface area contributed by atoms with Crippen LogP contribution in [0.25, 0.3) is 0 Å². The number of rotatable bonds is 5. The van der Waals surface area contributed by atoms with E-state index in [1.807, 2.05) is 0 Å². The zero-order valence-electron chi connectivity index (χ0n) is 10.9. The second-order valence-corrected chi connectivity index (χ2v) is 6.23. The molecule has 3 heteroatoms. The number of hydrogen-bond donors (Lipinski definition) is 1. The molecule has 2 aromatic rings. The Labute approximate surface area is 131 Å². The molecule has 0 aliphatic rings. The van der Waals surface area contributed by atoms with Crippen molar-refractivity contribution in [2.75, 3.05) is 6.54 Å². The summed E-state index contributed by atoms with van der Waals surface area (Å²) in [6.45, 7) is 3.10. The predicted octanol–water partition coefficient (Wildman–Crippen LogP) is 5.10. The lowest BCUT2D eigenvalue weighted by atomic mass is 9.99. The smallest absolute Gasteiger partial charge is 0.0361 e. The fourth-order valence-corrected chi connectivity index (χ4v) is 3.03. The monoisotopic (exact) mass is 381 g/mol. The molecule has 2 rings (SSSR count). The lowest BCUT2D eigenvalue weighted by Gasteiger charge is -2.19. The standard InChI is InChI=1S/C16H17Br2N/c1-2-19-16(13-7-5-8-14(17)10-13)11-12-6-3-4-9-15(12)18/h3-10,16,19H,2,11H2,1H3. The largest absolute Gasteiger partial charge is 0.310 e. The van der Waals surface area contributed by atoms with Crippen molar-refractivity contribution in [1.82, 2.24) is 5.32 Å². The lowest BCUT2D eigenvalue weighted by Crippen LogP contribution is -2.23. The van der Waals surface area contributed by atoms with Gasteiger partial charge in [0.1, 0.15) is 0 Å². The Balaban J connectivity index is 2.24. The van der Waals surface area contributed by atoms with Gasteiger partial charge in [0.05, 0.1) is 0 Å². The van der Waals surface area contributed by atoms with Gasteiger partial charge in [-0.3, -0.25) is 0 Å². The van der Waals surface area contributed by atoms with Crippen molar-refractivity contribution in [3.8, 4) is 0 Å². The van der Waals surface area contributed by atoms with E-state index in [1.54, 1.807) is 0 Å². The first-order chi connectivity index (χ1) is 9.20. The van der Waals surface area contributed by atoms with Gasteiger partial charge in [-0.05, 0) is 42.3 Å². The summed E-state index contributed by atoms with van der Waals surface area (Å²) in [5.74, 6) is 0. The van der Waals surface area contributed by atoms with E-state index in [-0.39, 0.29) is 0 Å². The maximum absolute atomic E-state index is 3.63. The Kier molecular flexibility index (Phi) is 5.61. The number of benzene rings is 2. The highest BCUT2D eigenvalue weighted by atomic mass is 79.9. The van der Waals surface area contributed by atoms with Gasteiger partial charge in [0.25, 0.3) is 0 Å². The van der Waals surface area contributed by atoms with Crippen LogP contribution in [0.2, 0.25) is 0 Å². The molecule has 0 heterocycles. The Morgan fingerprint density at radius 1 is 1.05 bits per heavy atom. The fraction of sp³-hybridized carbons (Fsp3) is 0.250. The van der Waals surface area contributed by atoms with Crippen LogP contribution in [0.1, 0.15) is 24.1 Å². The van der Waals surface area contributed by atoms with Crippen molar-refractivity contribution >= 4 is 31.9 Å². The van der Waals surface area contributed by atoms with Gasteiger partial charge in [0.2, 0.25) is 0 Å². The molecule has 0 aliphatic heterocycles. The van der Waals surface area contributed by atoms with Crippen molar-refractivity contribution in [3.63, 3.8) is 0 Å². The van der Waals surface area contributed by atoms with Gasteiger partial charge in [0.15, 0.2) is 0 Å². The van der Waals surface area contributed by atoms with Crippen molar-refractivity contribution in [2.24, 2.45) is 0 Å². The number of likely N-dealkylation sites (N-methyl/N-ethyl adjacent to an activating group) is 1. The molecule has 0 aromatic heterocycles. The van der Waals surface area contributed by atoms with E-state index in [0.29, 0.717) is 6.04 Å². The first-order valence-corrected chi connectivity index (χ1v) is 8.01. The Morgan fingerprint density at radius 3 is 2.53 bits per heavy atom. The molecular weight excluding hydrogens is 366 g/mol. The molecule has 100 valence electrons. The van der Waals surface area contributed by atoms with Gasteiger partial charge in [0, 0.05) is 15.0 Å². The van der Waals surface area contributed by atoms with Crippen LogP contribution in [0, 0.1) is 0 Å². The number of halogens is 2. The third-order valence-electron chi connectivity index (χ3n) is 3.08. The summed E-state index contributed by atoms with van der Waals surface area (Å²) >= 11 is 7.17. The molecule has 1 unspecified atom stereocenters. The minimum atomic E-state index is 0.334. The Bertz CT molecular complexity index is 540. The highest BCUT2D eigenvalue weighted by molar-refractivity contribution is 9.10. The van der Waals surface area contributed by atoms with Crippen LogP contribution in [0.5, 0.6) is 0 Å². The van der Waals surface area contributed by atoms with Crippen molar-refractivity contribution < 1.29 is 0 Å². The van der Waals surface area contributed by atoms with Crippen LogP contribution >= 0.6 is 31.9 Å². The Morgan fingerprint density at radius 2 is 1.84 bits per heavy atom. The second-order valence-electron chi connectivity index (χ2n) is 4.46. The molecule has 0 saturated heterocycles. The van der Waals surface area contributed by atoms with E-state index in [2.05, 4.69) is 92.6 Å². The molecule has 2 aromatic carbocycles. The maximum atomic E-state index is 3.63. The topological polar surface area (TPSA) is 12.0 Å². The van der Waals surface area contributed by atoms with Crippen LogP contribution < -0.4 is 5.32 Å². The van der Waals surface area contributed by atoms with Gasteiger partial charge in [-0.2, -0.15) is 0 Å². The first kappa shape index (κ1) is 14.8. The normalized spacial score (nSPS) is 12.4. The maximum Gasteiger partial charge on any atom is 0.0361 e. The average Bonchev–Trinajstić information content (AvgIpc) is 2.40. The van der Waals surface area contributed by atoms with Gasteiger partial charge < -0.3 is 5.32 Å². The van der Waals surface area contributed by atoms with Crippen LogP contribution in [-0.4, -0.2) is 6.54 Å². The summed E-state index contributed by atoms with van der Waals surface area (Å²) in [4.78, 5) is 0. The number of hydrogen-bond acceptors (Lipinski definition) is 1. The minimum Gasteiger partial charge on any atom is -0.310 e. The molecule has 1 N–H and O–H groups in total. The highest BCUT2D eigenvalue weighted by Gasteiger charge is 2.12. The lowest BCUT2D eigenvalue weighted by molar-refractivity contribution is 0.549. The molecular formula is C16H17Br2N. The third-order valence-corrected chi connectivity index (χ3v) is 4.35. The molecule has 19 heavy (non-hydrogen) atoms. The molecule has 0 spiro atoms. The summed E-state index contributed by atoms with van der Waals surface area (Å²) in [7, 11) is 0. The SMILES string of the molecule is CCNC(Cc1ccccc1Br)c1cccc(Br)c1. The van der Waals surface area contributed by atoms with Gasteiger partial charge in [-0.1, -0.05) is 69.1 Å². The van der Waals surface area contributed by atoms with Gasteiger partial charge in [-0.25, -0.2) is 0 Å². The van der Waals surface area contributed by atoms with E-state index in [0.717, 1.165) is 17.4 Å². The van der Waals surface area contributed by atoms with E-state index in [9.17, 15) is 0 Å². The molecule has 1 atom stereocenters. The molecule has 0 aliphatic carbocycles. The van der Waals surface area contributed by atoms with Crippen molar-refractivity contribution in [1.29, 1.82) is 0 Å². The quantitative estimate of drug-likeness (QED) is 0.757. The third kappa shape index (κ3) is 4.16. The van der Waals surface area contributed by atoms with E-state index in [4.69, 9.17) is 0 Å². The Hall–Kier alpha value is -0.640. The zero-order valence-corrected chi connectivity index (χ0v) is 14.0. The summed E-state index contributed by atoms with van der Waals surface area (Å²) in [6, 6.07) is 17.2. The number of nitrogens with one attached hydrogen (secondary N) is 1. The molecule has 1 nitrogen and oxygen atoms in total. The fourth-order valence-electron chi connectivity index (χ4n) is 2.16. The molecule has 0 bridgehead atoms. The van der Waals surface area contributed by atoms with E-state index < -0.39 is 0 Å².